The minimum Gasteiger partial charge on any atom is -0.167 e. The first-order chi connectivity index (χ1) is 3.85. The number of nitrogens with zero attached hydrogens (tertiary/aromatic N) is 2. The Bertz CT molecular complexity index is 114. The second-order valence-corrected chi connectivity index (χ2v) is 1.29. The molecule has 0 aromatic rings. The van der Waals surface area contributed by atoms with Crippen LogP contribution >= 0.6 is 0 Å². The number of hydrogen-bond acceptors (Lipinski definition) is 2. The van der Waals surface area contributed by atoms with E-state index >= 15 is 0 Å². The van der Waals surface area contributed by atoms with E-state index in [1.807, 2.05) is 6.92 Å². The molecule has 0 saturated carbocycles. The van der Waals surface area contributed by atoms with Crippen molar-refractivity contribution in [2.45, 2.75) is 13.3 Å². The molecule has 0 aliphatic carbocycles. The Morgan fingerprint density at radius 1 is 1.75 bits per heavy atom. The van der Waals surface area contributed by atoms with Gasteiger partial charge in [0.1, 0.15) is 0 Å². The van der Waals surface area contributed by atoms with Gasteiger partial charge in [0.25, 0.3) is 0 Å². The van der Waals surface area contributed by atoms with Crippen LogP contribution in [-0.4, -0.2) is 12.4 Å². The second-order valence-electron chi connectivity index (χ2n) is 1.29. The highest BCUT2D eigenvalue weighted by Gasteiger charge is 1.82. The molecule has 0 N–H and O–H groups in total. The SMILES string of the molecule is C=C/C(CC)=N/N=C. The molecule has 44 valence electrons. The largest absolute Gasteiger partial charge is 0.167 e. The van der Waals surface area contributed by atoms with Gasteiger partial charge in [0.15, 0.2) is 0 Å². The zero-order valence-electron chi connectivity index (χ0n) is 5.09. The Morgan fingerprint density at radius 2 is 2.38 bits per heavy atom. The molecule has 0 rings (SSSR count). The summed E-state index contributed by atoms with van der Waals surface area (Å²) in [5.74, 6) is 0. The van der Waals surface area contributed by atoms with E-state index in [0.29, 0.717) is 0 Å². The van der Waals surface area contributed by atoms with Gasteiger partial charge in [0.2, 0.25) is 0 Å². The van der Waals surface area contributed by atoms with Crippen LogP contribution in [0.2, 0.25) is 0 Å². The van der Waals surface area contributed by atoms with Crippen LogP contribution in [0.15, 0.2) is 22.9 Å². The molecule has 0 heterocycles. The van der Waals surface area contributed by atoms with Crippen LogP contribution in [0.1, 0.15) is 13.3 Å². The first-order valence-corrected chi connectivity index (χ1v) is 2.50. The van der Waals surface area contributed by atoms with Gasteiger partial charge < -0.3 is 0 Å². The van der Waals surface area contributed by atoms with Gasteiger partial charge in [-0.2, -0.15) is 10.2 Å². The predicted molar refractivity (Wildman–Crippen MR) is 37.5 cm³/mol. The standard InChI is InChI=1S/C6H10N2/c1-4-6(5-2)8-7-3/h4H,1,3,5H2,2H3/b8-6-. The monoisotopic (exact) mass is 110 g/mol. The lowest BCUT2D eigenvalue weighted by Gasteiger charge is -1.86. The van der Waals surface area contributed by atoms with Gasteiger partial charge in [0.05, 0.1) is 5.71 Å². The summed E-state index contributed by atoms with van der Waals surface area (Å²) in [4.78, 5) is 0. The number of hydrogen-bond donors (Lipinski definition) is 0. The fraction of sp³-hybridized carbons (Fsp3) is 0.333. The Morgan fingerprint density at radius 3 is 2.50 bits per heavy atom. The van der Waals surface area contributed by atoms with E-state index in [0.717, 1.165) is 12.1 Å². The van der Waals surface area contributed by atoms with E-state index in [2.05, 4.69) is 23.5 Å². The Kier molecular flexibility index (Phi) is 3.76. The molecule has 0 radical (unpaired) electrons. The van der Waals surface area contributed by atoms with Gasteiger partial charge in [-0.05, 0) is 12.5 Å². The summed E-state index contributed by atoms with van der Waals surface area (Å²) in [6, 6.07) is 0. The third-order valence-electron chi connectivity index (χ3n) is 0.797. The molecular formula is C6H10N2. The summed E-state index contributed by atoms with van der Waals surface area (Å²) in [7, 11) is 0. The zero-order valence-corrected chi connectivity index (χ0v) is 5.09. The van der Waals surface area contributed by atoms with Crippen molar-refractivity contribution in [2.75, 3.05) is 0 Å². The van der Waals surface area contributed by atoms with Crippen molar-refractivity contribution in [1.82, 2.24) is 0 Å². The normalized spacial score (nSPS) is 10.9. The molecule has 0 aromatic carbocycles. The predicted octanol–water partition coefficient (Wildman–Crippen LogP) is 1.64. The van der Waals surface area contributed by atoms with E-state index in [1.165, 1.54) is 0 Å². The van der Waals surface area contributed by atoms with Gasteiger partial charge >= 0.3 is 0 Å². The highest BCUT2D eigenvalue weighted by atomic mass is 15.2. The highest BCUT2D eigenvalue weighted by molar-refractivity contribution is 5.94. The van der Waals surface area contributed by atoms with Gasteiger partial charge in [0, 0.05) is 6.72 Å². The lowest BCUT2D eigenvalue weighted by molar-refractivity contribution is 1.19. The van der Waals surface area contributed by atoms with Gasteiger partial charge in [-0.3, -0.25) is 0 Å². The van der Waals surface area contributed by atoms with Gasteiger partial charge in [-0.25, -0.2) is 0 Å². The van der Waals surface area contributed by atoms with Crippen molar-refractivity contribution >= 4 is 12.4 Å². The first-order valence-electron chi connectivity index (χ1n) is 2.50. The van der Waals surface area contributed by atoms with Crippen molar-refractivity contribution in [3.63, 3.8) is 0 Å². The maximum Gasteiger partial charge on any atom is 0.0621 e. The Balaban J connectivity index is 3.84. The van der Waals surface area contributed by atoms with Crippen LogP contribution in [0, 0.1) is 0 Å². The van der Waals surface area contributed by atoms with Crippen molar-refractivity contribution < 1.29 is 0 Å². The molecule has 2 heteroatoms. The smallest absolute Gasteiger partial charge is 0.0621 e. The van der Waals surface area contributed by atoms with Crippen LogP contribution < -0.4 is 0 Å². The Labute approximate surface area is 49.6 Å². The van der Waals surface area contributed by atoms with Crippen molar-refractivity contribution in [2.24, 2.45) is 10.2 Å². The summed E-state index contributed by atoms with van der Waals surface area (Å²) in [5.41, 5.74) is 0.875. The van der Waals surface area contributed by atoms with Crippen molar-refractivity contribution in [3.05, 3.63) is 12.7 Å². The maximum atomic E-state index is 3.67. The minimum absolute atomic E-state index is 0.864. The fourth-order valence-corrected chi connectivity index (χ4v) is 0.347. The molecule has 0 fully saturated rings. The van der Waals surface area contributed by atoms with Crippen molar-refractivity contribution in [3.8, 4) is 0 Å². The molecule has 0 unspecified atom stereocenters. The van der Waals surface area contributed by atoms with E-state index in [9.17, 15) is 0 Å². The lowest BCUT2D eigenvalue weighted by atomic mass is 10.3. The number of rotatable bonds is 3. The summed E-state index contributed by atoms with van der Waals surface area (Å²) in [6.45, 7) is 8.73. The topological polar surface area (TPSA) is 24.7 Å². The van der Waals surface area contributed by atoms with E-state index in [-0.39, 0.29) is 0 Å². The summed E-state index contributed by atoms with van der Waals surface area (Å²) in [5, 5.41) is 7.02. The summed E-state index contributed by atoms with van der Waals surface area (Å²) in [6.07, 6.45) is 2.54. The van der Waals surface area contributed by atoms with Crippen LogP contribution in [-0.2, 0) is 0 Å². The second kappa shape index (κ2) is 4.24. The average Bonchev–Trinajstić information content (AvgIpc) is 1.83. The highest BCUT2D eigenvalue weighted by Crippen LogP contribution is 1.85. The first kappa shape index (κ1) is 7.08. The molecule has 0 aliphatic rings. The zero-order chi connectivity index (χ0) is 6.41. The molecular weight excluding hydrogens is 100 g/mol. The molecule has 0 atom stereocenters. The molecule has 0 aromatic heterocycles. The summed E-state index contributed by atoms with van der Waals surface area (Å²) < 4.78 is 0. The van der Waals surface area contributed by atoms with Crippen LogP contribution in [0.5, 0.6) is 0 Å². The molecule has 0 spiro atoms. The molecule has 0 amide bonds. The third kappa shape index (κ3) is 2.29. The molecule has 0 bridgehead atoms. The van der Waals surface area contributed by atoms with E-state index in [4.69, 9.17) is 0 Å². The van der Waals surface area contributed by atoms with Gasteiger partial charge in [-0.15, -0.1) is 0 Å². The van der Waals surface area contributed by atoms with E-state index < -0.39 is 0 Å². The third-order valence-corrected chi connectivity index (χ3v) is 0.797. The lowest BCUT2D eigenvalue weighted by Crippen LogP contribution is -1.85. The van der Waals surface area contributed by atoms with E-state index in [1.54, 1.807) is 6.08 Å². The van der Waals surface area contributed by atoms with Crippen molar-refractivity contribution in [1.29, 1.82) is 0 Å². The summed E-state index contributed by atoms with van der Waals surface area (Å²) >= 11 is 0. The minimum atomic E-state index is 0.864. The molecule has 0 saturated heterocycles. The number of allylic oxidation sites excluding steroid dienone is 1. The van der Waals surface area contributed by atoms with Crippen LogP contribution in [0.4, 0.5) is 0 Å². The molecule has 0 aliphatic heterocycles. The maximum absolute atomic E-state index is 3.67. The fourth-order valence-electron chi connectivity index (χ4n) is 0.347. The van der Waals surface area contributed by atoms with Crippen LogP contribution in [0.25, 0.3) is 0 Å². The average molecular weight is 110 g/mol. The van der Waals surface area contributed by atoms with Gasteiger partial charge in [-0.1, -0.05) is 13.5 Å². The van der Waals surface area contributed by atoms with Crippen LogP contribution in [0.3, 0.4) is 0 Å². The Hall–Kier alpha value is -0.920. The molecule has 2 nitrogen and oxygen atoms in total. The molecule has 8 heavy (non-hydrogen) atoms. The quantitative estimate of drug-likeness (QED) is 0.389.